The van der Waals surface area contributed by atoms with E-state index in [0.29, 0.717) is 12.8 Å². The van der Waals surface area contributed by atoms with E-state index >= 15 is 0 Å². The lowest BCUT2D eigenvalue weighted by Gasteiger charge is -2.25. The molecule has 1 rings (SSSR count). The highest BCUT2D eigenvalue weighted by Gasteiger charge is 2.17. The molecule has 0 radical (unpaired) electrons. The lowest BCUT2D eigenvalue weighted by molar-refractivity contribution is -0.121. The van der Waals surface area contributed by atoms with Crippen LogP contribution in [0.2, 0.25) is 0 Å². The summed E-state index contributed by atoms with van der Waals surface area (Å²) in [5.74, 6) is 0.795. The van der Waals surface area contributed by atoms with E-state index in [4.69, 9.17) is 5.11 Å². The monoisotopic (exact) mass is 185 g/mol. The molecule has 0 bridgehead atoms. The Morgan fingerprint density at radius 3 is 2.77 bits per heavy atom. The van der Waals surface area contributed by atoms with Crippen LogP contribution in [0, 0.1) is 5.92 Å². The third kappa shape index (κ3) is 4.27. The van der Waals surface area contributed by atoms with Gasteiger partial charge in [-0.15, -0.1) is 0 Å². The summed E-state index contributed by atoms with van der Waals surface area (Å²) >= 11 is 0. The van der Waals surface area contributed by atoms with E-state index in [-0.39, 0.29) is 12.0 Å². The Balaban J connectivity index is 1.97. The molecular formula is C10H19NO2. The highest BCUT2D eigenvalue weighted by atomic mass is 16.3. The molecule has 3 nitrogen and oxygen atoms in total. The number of carbonyl (C=O) groups excluding carboxylic acids is 1. The van der Waals surface area contributed by atoms with Crippen LogP contribution in [0.25, 0.3) is 0 Å². The van der Waals surface area contributed by atoms with E-state index in [2.05, 4.69) is 5.32 Å². The van der Waals surface area contributed by atoms with Gasteiger partial charge in [0, 0.05) is 13.0 Å². The Hall–Kier alpha value is -0.570. The van der Waals surface area contributed by atoms with Gasteiger partial charge in [0.2, 0.25) is 5.91 Å². The predicted molar refractivity (Wildman–Crippen MR) is 51.3 cm³/mol. The Kier molecular flexibility index (Phi) is 4.22. The van der Waals surface area contributed by atoms with Crippen molar-refractivity contribution in [2.24, 2.45) is 5.92 Å². The normalized spacial score (nSPS) is 19.2. The van der Waals surface area contributed by atoms with E-state index in [0.717, 1.165) is 12.5 Å². The lowest BCUT2D eigenvalue weighted by Crippen LogP contribution is -2.32. The molecule has 76 valence electrons. The SMILES string of the molecule is CC(O)CCC(=O)NCC1CCC1. The highest BCUT2D eigenvalue weighted by Crippen LogP contribution is 2.25. The Morgan fingerprint density at radius 2 is 2.31 bits per heavy atom. The average molecular weight is 185 g/mol. The molecule has 0 heterocycles. The van der Waals surface area contributed by atoms with Gasteiger partial charge < -0.3 is 10.4 Å². The van der Waals surface area contributed by atoms with Crippen LogP contribution >= 0.6 is 0 Å². The van der Waals surface area contributed by atoms with Crippen LogP contribution in [0.15, 0.2) is 0 Å². The van der Waals surface area contributed by atoms with Crippen LogP contribution in [-0.2, 0) is 4.79 Å². The number of hydrogen-bond donors (Lipinski definition) is 2. The zero-order chi connectivity index (χ0) is 9.68. The van der Waals surface area contributed by atoms with Crippen molar-refractivity contribution in [2.75, 3.05) is 6.54 Å². The van der Waals surface area contributed by atoms with Crippen molar-refractivity contribution < 1.29 is 9.90 Å². The summed E-state index contributed by atoms with van der Waals surface area (Å²) in [7, 11) is 0. The second-order valence-electron chi connectivity index (χ2n) is 3.99. The number of carbonyl (C=O) groups is 1. The van der Waals surface area contributed by atoms with Crippen LogP contribution in [0.1, 0.15) is 39.0 Å². The molecule has 0 aliphatic heterocycles. The van der Waals surface area contributed by atoms with Gasteiger partial charge in [0.05, 0.1) is 6.10 Å². The minimum Gasteiger partial charge on any atom is -0.393 e. The van der Waals surface area contributed by atoms with Gasteiger partial charge in [-0.05, 0) is 32.1 Å². The van der Waals surface area contributed by atoms with Gasteiger partial charge in [0.1, 0.15) is 0 Å². The van der Waals surface area contributed by atoms with Crippen LogP contribution in [0.4, 0.5) is 0 Å². The van der Waals surface area contributed by atoms with E-state index in [9.17, 15) is 4.79 Å². The molecule has 3 heteroatoms. The molecule has 1 saturated carbocycles. The Morgan fingerprint density at radius 1 is 1.62 bits per heavy atom. The number of nitrogens with one attached hydrogen (secondary N) is 1. The van der Waals surface area contributed by atoms with Crippen molar-refractivity contribution in [1.82, 2.24) is 5.32 Å². The smallest absolute Gasteiger partial charge is 0.220 e. The molecule has 0 aromatic heterocycles. The first-order valence-electron chi connectivity index (χ1n) is 5.13. The van der Waals surface area contributed by atoms with E-state index in [1.165, 1.54) is 19.3 Å². The van der Waals surface area contributed by atoms with Gasteiger partial charge in [0.15, 0.2) is 0 Å². The van der Waals surface area contributed by atoms with Crippen molar-refractivity contribution in [3.8, 4) is 0 Å². The van der Waals surface area contributed by atoms with E-state index < -0.39 is 0 Å². The van der Waals surface area contributed by atoms with Crippen molar-refractivity contribution >= 4 is 5.91 Å². The number of rotatable bonds is 5. The second-order valence-corrected chi connectivity index (χ2v) is 3.99. The first-order valence-corrected chi connectivity index (χ1v) is 5.13. The fourth-order valence-electron chi connectivity index (χ4n) is 1.38. The van der Waals surface area contributed by atoms with Crippen molar-refractivity contribution in [2.45, 2.75) is 45.1 Å². The van der Waals surface area contributed by atoms with Gasteiger partial charge in [-0.1, -0.05) is 6.42 Å². The third-order valence-electron chi connectivity index (χ3n) is 2.60. The molecule has 1 atom stereocenters. The molecule has 1 aliphatic carbocycles. The van der Waals surface area contributed by atoms with Gasteiger partial charge in [0.25, 0.3) is 0 Å². The molecule has 0 aromatic carbocycles. The van der Waals surface area contributed by atoms with Gasteiger partial charge >= 0.3 is 0 Å². The standard InChI is InChI=1S/C10H19NO2/c1-8(12)5-6-10(13)11-7-9-3-2-4-9/h8-9,12H,2-7H2,1H3,(H,11,13). The molecular weight excluding hydrogens is 166 g/mol. The van der Waals surface area contributed by atoms with E-state index in [1.54, 1.807) is 6.92 Å². The number of hydrogen-bond acceptors (Lipinski definition) is 2. The van der Waals surface area contributed by atoms with Crippen molar-refractivity contribution in [1.29, 1.82) is 0 Å². The minimum atomic E-state index is -0.366. The number of amides is 1. The summed E-state index contributed by atoms with van der Waals surface area (Å²) in [4.78, 5) is 11.2. The molecule has 1 fully saturated rings. The summed E-state index contributed by atoms with van der Waals surface area (Å²) in [6.07, 6.45) is 4.48. The third-order valence-corrected chi connectivity index (χ3v) is 2.60. The molecule has 1 unspecified atom stereocenters. The molecule has 0 saturated heterocycles. The Bertz CT molecular complexity index is 164. The topological polar surface area (TPSA) is 49.3 Å². The summed E-state index contributed by atoms with van der Waals surface area (Å²) in [5.41, 5.74) is 0. The first-order chi connectivity index (χ1) is 6.18. The van der Waals surface area contributed by atoms with Gasteiger partial charge in [-0.3, -0.25) is 4.79 Å². The maximum absolute atomic E-state index is 11.2. The van der Waals surface area contributed by atoms with Crippen LogP contribution in [-0.4, -0.2) is 23.7 Å². The highest BCUT2D eigenvalue weighted by molar-refractivity contribution is 5.75. The molecule has 1 aliphatic rings. The fourth-order valence-corrected chi connectivity index (χ4v) is 1.38. The first kappa shape index (κ1) is 10.5. The number of aliphatic hydroxyl groups is 1. The fraction of sp³-hybridized carbons (Fsp3) is 0.900. The summed E-state index contributed by atoms with van der Waals surface area (Å²) in [6, 6.07) is 0. The zero-order valence-electron chi connectivity index (χ0n) is 8.25. The van der Waals surface area contributed by atoms with Crippen LogP contribution in [0.3, 0.4) is 0 Å². The van der Waals surface area contributed by atoms with Crippen LogP contribution < -0.4 is 5.32 Å². The number of aliphatic hydroxyl groups excluding tert-OH is 1. The second kappa shape index (κ2) is 5.22. The van der Waals surface area contributed by atoms with Crippen molar-refractivity contribution in [3.63, 3.8) is 0 Å². The molecule has 2 N–H and O–H groups in total. The molecule has 13 heavy (non-hydrogen) atoms. The van der Waals surface area contributed by atoms with Gasteiger partial charge in [-0.25, -0.2) is 0 Å². The average Bonchev–Trinajstić information content (AvgIpc) is 1.98. The quantitative estimate of drug-likeness (QED) is 0.673. The summed E-state index contributed by atoms with van der Waals surface area (Å²) in [6.45, 7) is 2.54. The largest absolute Gasteiger partial charge is 0.393 e. The maximum atomic E-state index is 11.2. The van der Waals surface area contributed by atoms with Gasteiger partial charge in [-0.2, -0.15) is 0 Å². The molecule has 1 amide bonds. The van der Waals surface area contributed by atoms with Crippen molar-refractivity contribution in [3.05, 3.63) is 0 Å². The summed E-state index contributed by atoms with van der Waals surface area (Å²) in [5, 5.41) is 11.8. The molecule has 0 aromatic rings. The maximum Gasteiger partial charge on any atom is 0.220 e. The predicted octanol–water partition coefficient (Wildman–Crippen LogP) is 1.06. The zero-order valence-corrected chi connectivity index (χ0v) is 8.25. The Labute approximate surface area is 79.5 Å². The van der Waals surface area contributed by atoms with Crippen LogP contribution in [0.5, 0.6) is 0 Å². The summed E-state index contributed by atoms with van der Waals surface area (Å²) < 4.78 is 0. The molecule has 0 spiro atoms. The lowest BCUT2D eigenvalue weighted by atomic mass is 9.85. The minimum absolute atomic E-state index is 0.0767. The van der Waals surface area contributed by atoms with E-state index in [1.807, 2.05) is 0 Å².